The number of halogens is 3. The number of hydrogen-bond donors (Lipinski definition) is 2. The van der Waals surface area contributed by atoms with Gasteiger partial charge in [-0.05, 0) is 28.1 Å². The Hall–Kier alpha value is -1.14. The SMILES string of the molecule is NC(CCl)=Nc1c(F)cc(C(=O)O)cc1Br. The summed E-state index contributed by atoms with van der Waals surface area (Å²) in [6.07, 6.45) is 0. The molecule has 0 aliphatic rings. The van der Waals surface area contributed by atoms with E-state index in [-0.39, 0.29) is 27.4 Å². The molecule has 0 atom stereocenters. The van der Waals surface area contributed by atoms with Crippen molar-refractivity contribution in [3.05, 3.63) is 28.0 Å². The largest absolute Gasteiger partial charge is 0.478 e. The Labute approximate surface area is 104 Å². The predicted molar refractivity (Wildman–Crippen MR) is 63.1 cm³/mol. The van der Waals surface area contributed by atoms with Crippen LogP contribution < -0.4 is 5.73 Å². The first-order chi connectivity index (χ1) is 7.45. The van der Waals surface area contributed by atoms with E-state index in [0.717, 1.165) is 6.07 Å². The van der Waals surface area contributed by atoms with Crippen molar-refractivity contribution in [1.82, 2.24) is 0 Å². The first-order valence-electron chi connectivity index (χ1n) is 4.07. The maximum absolute atomic E-state index is 13.5. The van der Waals surface area contributed by atoms with Crippen molar-refractivity contribution >= 4 is 45.0 Å². The minimum absolute atomic E-state index is 0.0352. The molecule has 0 spiro atoms. The lowest BCUT2D eigenvalue weighted by atomic mass is 10.2. The molecule has 0 saturated carbocycles. The van der Waals surface area contributed by atoms with Gasteiger partial charge in [0.25, 0.3) is 0 Å². The lowest BCUT2D eigenvalue weighted by Gasteiger charge is -2.03. The highest BCUT2D eigenvalue weighted by Crippen LogP contribution is 2.30. The molecule has 0 aliphatic heterocycles. The number of aromatic carboxylic acids is 1. The molecule has 7 heteroatoms. The molecule has 0 heterocycles. The summed E-state index contributed by atoms with van der Waals surface area (Å²) >= 11 is 8.42. The van der Waals surface area contributed by atoms with Crippen LogP contribution in [0.4, 0.5) is 10.1 Å². The van der Waals surface area contributed by atoms with Crippen LogP contribution in [0.1, 0.15) is 10.4 Å². The summed E-state index contributed by atoms with van der Waals surface area (Å²) in [5.41, 5.74) is 5.11. The molecular formula is C9H7BrClFN2O2. The van der Waals surface area contributed by atoms with Crippen molar-refractivity contribution in [2.45, 2.75) is 0 Å². The molecule has 16 heavy (non-hydrogen) atoms. The van der Waals surface area contributed by atoms with Crippen molar-refractivity contribution in [1.29, 1.82) is 0 Å². The van der Waals surface area contributed by atoms with Crippen LogP contribution in [-0.4, -0.2) is 22.8 Å². The fraction of sp³-hybridized carbons (Fsp3) is 0.111. The number of benzene rings is 1. The van der Waals surface area contributed by atoms with E-state index in [9.17, 15) is 9.18 Å². The van der Waals surface area contributed by atoms with Gasteiger partial charge >= 0.3 is 5.97 Å². The lowest BCUT2D eigenvalue weighted by Crippen LogP contribution is -2.12. The number of nitrogens with two attached hydrogens (primary N) is 1. The van der Waals surface area contributed by atoms with Crippen molar-refractivity contribution in [3.63, 3.8) is 0 Å². The molecule has 0 fully saturated rings. The molecule has 1 aromatic carbocycles. The Morgan fingerprint density at radius 2 is 2.25 bits per heavy atom. The van der Waals surface area contributed by atoms with Crippen LogP contribution in [0.2, 0.25) is 0 Å². The highest BCUT2D eigenvalue weighted by Gasteiger charge is 2.12. The normalized spacial score (nSPS) is 11.6. The van der Waals surface area contributed by atoms with E-state index in [1.165, 1.54) is 6.07 Å². The van der Waals surface area contributed by atoms with Gasteiger partial charge in [0, 0.05) is 4.47 Å². The van der Waals surface area contributed by atoms with E-state index in [2.05, 4.69) is 20.9 Å². The molecule has 3 N–H and O–H groups in total. The topological polar surface area (TPSA) is 75.7 Å². The number of amidine groups is 1. The van der Waals surface area contributed by atoms with E-state index in [1.807, 2.05) is 0 Å². The molecule has 1 rings (SSSR count). The van der Waals surface area contributed by atoms with Gasteiger partial charge in [0.05, 0.1) is 11.4 Å². The highest BCUT2D eigenvalue weighted by molar-refractivity contribution is 9.10. The summed E-state index contributed by atoms with van der Waals surface area (Å²) in [5.74, 6) is -1.99. The van der Waals surface area contributed by atoms with E-state index in [4.69, 9.17) is 22.4 Å². The molecule has 1 aromatic rings. The Bertz CT molecular complexity index is 442. The smallest absolute Gasteiger partial charge is 0.335 e. The van der Waals surface area contributed by atoms with Crippen molar-refractivity contribution in [2.24, 2.45) is 10.7 Å². The average Bonchev–Trinajstić information content (AvgIpc) is 2.22. The van der Waals surface area contributed by atoms with Crippen LogP contribution in [-0.2, 0) is 0 Å². The van der Waals surface area contributed by atoms with Gasteiger partial charge in [0.15, 0.2) is 5.82 Å². The molecule has 0 radical (unpaired) electrons. The third kappa shape index (κ3) is 2.93. The number of aliphatic imine (C=N–C) groups is 1. The molecule has 0 aliphatic carbocycles. The summed E-state index contributed by atoms with van der Waals surface area (Å²) in [6.45, 7) is 0. The highest BCUT2D eigenvalue weighted by atomic mass is 79.9. The van der Waals surface area contributed by atoms with Crippen LogP contribution in [0.15, 0.2) is 21.6 Å². The van der Waals surface area contributed by atoms with Crippen molar-refractivity contribution in [3.8, 4) is 0 Å². The number of rotatable bonds is 3. The van der Waals surface area contributed by atoms with E-state index < -0.39 is 11.8 Å². The standard InChI is InChI=1S/C9H7BrClFN2O2/c10-5-1-4(9(15)16)2-6(12)8(5)14-7(13)3-11/h1-2H,3H2,(H2,13,14)(H,15,16). The third-order valence-corrected chi connectivity index (χ3v) is 2.53. The van der Waals surface area contributed by atoms with Gasteiger partial charge in [-0.2, -0.15) is 0 Å². The van der Waals surface area contributed by atoms with E-state index in [0.29, 0.717) is 0 Å². The molecule has 0 bridgehead atoms. The first kappa shape index (κ1) is 12.9. The van der Waals surface area contributed by atoms with Crippen LogP contribution in [0.25, 0.3) is 0 Å². The van der Waals surface area contributed by atoms with Gasteiger partial charge in [0.1, 0.15) is 11.5 Å². The van der Waals surface area contributed by atoms with Gasteiger partial charge in [0.2, 0.25) is 0 Å². The third-order valence-electron chi connectivity index (χ3n) is 1.66. The second-order valence-corrected chi connectivity index (χ2v) is 3.95. The number of hydrogen-bond acceptors (Lipinski definition) is 2. The Balaban J connectivity index is 3.28. The number of carboxylic acids is 1. The Morgan fingerprint density at radius 3 is 2.69 bits per heavy atom. The lowest BCUT2D eigenvalue weighted by molar-refractivity contribution is 0.0696. The molecule has 0 amide bonds. The van der Waals surface area contributed by atoms with Crippen LogP contribution in [0.3, 0.4) is 0 Å². The zero-order chi connectivity index (χ0) is 12.3. The molecule has 0 aromatic heterocycles. The maximum Gasteiger partial charge on any atom is 0.335 e. The van der Waals surface area contributed by atoms with Gasteiger partial charge < -0.3 is 10.8 Å². The number of carboxylic acid groups (broad SMARTS) is 1. The molecule has 86 valence electrons. The van der Waals surface area contributed by atoms with Crippen molar-refractivity contribution in [2.75, 3.05) is 5.88 Å². The van der Waals surface area contributed by atoms with Gasteiger partial charge in [-0.1, -0.05) is 0 Å². The second kappa shape index (κ2) is 5.27. The first-order valence-corrected chi connectivity index (χ1v) is 5.39. The average molecular weight is 310 g/mol. The molecule has 0 saturated heterocycles. The zero-order valence-corrected chi connectivity index (χ0v) is 10.2. The van der Waals surface area contributed by atoms with Crippen LogP contribution in [0, 0.1) is 5.82 Å². The van der Waals surface area contributed by atoms with Crippen LogP contribution >= 0.6 is 27.5 Å². The quantitative estimate of drug-likeness (QED) is 0.512. The Morgan fingerprint density at radius 1 is 1.62 bits per heavy atom. The minimum Gasteiger partial charge on any atom is -0.478 e. The summed E-state index contributed by atoms with van der Waals surface area (Å²) < 4.78 is 13.7. The maximum atomic E-state index is 13.5. The van der Waals surface area contributed by atoms with Crippen molar-refractivity contribution < 1.29 is 14.3 Å². The zero-order valence-electron chi connectivity index (χ0n) is 7.88. The van der Waals surface area contributed by atoms with E-state index >= 15 is 0 Å². The van der Waals surface area contributed by atoms with Gasteiger partial charge in [-0.3, -0.25) is 0 Å². The second-order valence-electron chi connectivity index (χ2n) is 2.83. The van der Waals surface area contributed by atoms with Gasteiger partial charge in [-0.25, -0.2) is 14.2 Å². The minimum atomic E-state index is -1.22. The number of nitrogens with zero attached hydrogens (tertiary/aromatic N) is 1. The fourth-order valence-corrected chi connectivity index (χ4v) is 1.55. The molecule has 4 nitrogen and oxygen atoms in total. The van der Waals surface area contributed by atoms with Crippen LogP contribution in [0.5, 0.6) is 0 Å². The predicted octanol–water partition coefficient (Wildman–Crippen LogP) is 2.51. The molecule has 0 unspecified atom stereocenters. The summed E-state index contributed by atoms with van der Waals surface area (Å²) in [7, 11) is 0. The monoisotopic (exact) mass is 308 g/mol. The van der Waals surface area contributed by atoms with Gasteiger partial charge in [-0.15, -0.1) is 11.6 Å². The Kier molecular flexibility index (Phi) is 4.26. The summed E-state index contributed by atoms with van der Waals surface area (Å²) in [6, 6.07) is 2.11. The summed E-state index contributed by atoms with van der Waals surface area (Å²) in [4.78, 5) is 14.4. The van der Waals surface area contributed by atoms with E-state index in [1.54, 1.807) is 0 Å². The number of carbonyl (C=O) groups is 1. The molecular weight excluding hydrogens is 302 g/mol. The number of alkyl halides is 1. The fourth-order valence-electron chi connectivity index (χ4n) is 0.969. The summed E-state index contributed by atoms with van der Waals surface area (Å²) in [5, 5.41) is 8.68.